The predicted octanol–water partition coefficient (Wildman–Crippen LogP) is 3.30. The number of carbonyl (C=O) groups is 1. The molecule has 2 aromatic rings. The fourth-order valence-corrected chi connectivity index (χ4v) is 2.01. The molecule has 0 aliphatic heterocycles. The Bertz CT molecular complexity index is 757. The molecule has 1 atom stereocenters. The number of anilines is 1. The maximum absolute atomic E-state index is 13.7. The van der Waals surface area contributed by atoms with Crippen LogP contribution >= 0.6 is 15.9 Å². The summed E-state index contributed by atoms with van der Waals surface area (Å²) in [6.07, 6.45) is 0.161. The van der Waals surface area contributed by atoms with Crippen molar-refractivity contribution in [3.63, 3.8) is 0 Å². The normalized spacial score (nSPS) is 11.6. The Morgan fingerprint density at radius 3 is 2.87 bits per heavy atom. The summed E-state index contributed by atoms with van der Waals surface area (Å²) in [4.78, 5) is 25.7. The predicted molar refractivity (Wildman–Crippen MR) is 83.7 cm³/mol. The average molecular weight is 384 g/mol. The van der Waals surface area contributed by atoms with Crippen molar-refractivity contribution in [3.8, 4) is 5.75 Å². The molecule has 0 bridgehead atoms. The number of rotatable bonds is 5. The lowest BCUT2D eigenvalue weighted by Gasteiger charge is -2.14. The fourth-order valence-electron chi connectivity index (χ4n) is 1.68. The third-order valence-corrected chi connectivity index (χ3v) is 3.28. The van der Waals surface area contributed by atoms with Crippen LogP contribution in [-0.4, -0.2) is 21.9 Å². The maximum Gasteiger partial charge on any atom is 0.406 e. The van der Waals surface area contributed by atoms with Crippen LogP contribution < -0.4 is 10.1 Å². The first-order valence-corrected chi connectivity index (χ1v) is 7.19. The molecule has 1 N–H and O–H groups in total. The van der Waals surface area contributed by atoms with Gasteiger partial charge in [-0.1, -0.05) is 15.9 Å². The molecule has 120 valence electrons. The van der Waals surface area contributed by atoms with Crippen LogP contribution in [0.25, 0.3) is 0 Å². The zero-order valence-electron chi connectivity index (χ0n) is 11.8. The van der Waals surface area contributed by atoms with Crippen molar-refractivity contribution in [3.05, 3.63) is 56.9 Å². The van der Waals surface area contributed by atoms with E-state index in [2.05, 4.69) is 26.2 Å². The Labute approximate surface area is 138 Å². The van der Waals surface area contributed by atoms with Crippen molar-refractivity contribution in [1.82, 2.24) is 4.98 Å². The molecular weight excluding hydrogens is 373 g/mol. The highest BCUT2D eigenvalue weighted by molar-refractivity contribution is 9.10. The molecule has 0 aliphatic carbocycles. The van der Waals surface area contributed by atoms with Crippen molar-refractivity contribution >= 4 is 33.3 Å². The van der Waals surface area contributed by atoms with Crippen molar-refractivity contribution in [1.29, 1.82) is 0 Å². The summed E-state index contributed by atoms with van der Waals surface area (Å²) in [7, 11) is 0. The van der Waals surface area contributed by atoms with Gasteiger partial charge in [0.15, 0.2) is 6.10 Å². The molecule has 9 heteroatoms. The Morgan fingerprint density at radius 2 is 2.22 bits per heavy atom. The van der Waals surface area contributed by atoms with Gasteiger partial charge in [0.2, 0.25) is 5.75 Å². The molecule has 1 aromatic heterocycles. The third kappa shape index (κ3) is 4.22. The number of nitrogens with zero attached hydrogens (tertiary/aromatic N) is 2. The lowest BCUT2D eigenvalue weighted by molar-refractivity contribution is -0.390. The van der Waals surface area contributed by atoms with E-state index < -0.39 is 28.6 Å². The van der Waals surface area contributed by atoms with Gasteiger partial charge in [0, 0.05) is 4.47 Å². The highest BCUT2D eigenvalue weighted by Crippen LogP contribution is 2.25. The standard InChI is InChI=1S/C14H11BrFN3O4/c1-8(23-12-3-2-6-17-13(12)19(21)22)14(20)18-11-5-4-9(15)7-10(11)16/h2-8H,1H3,(H,18,20)/t8-/m1/s1. The minimum Gasteiger partial charge on any atom is -0.473 e. The van der Waals surface area contributed by atoms with Gasteiger partial charge in [-0.2, -0.15) is 0 Å². The van der Waals surface area contributed by atoms with Gasteiger partial charge >= 0.3 is 5.82 Å². The number of halogens is 2. The molecule has 23 heavy (non-hydrogen) atoms. The molecular formula is C14H11BrFN3O4. The number of aromatic nitrogens is 1. The van der Waals surface area contributed by atoms with Gasteiger partial charge < -0.3 is 20.2 Å². The molecule has 1 amide bonds. The van der Waals surface area contributed by atoms with E-state index in [0.29, 0.717) is 4.47 Å². The second-order valence-electron chi connectivity index (χ2n) is 4.46. The summed E-state index contributed by atoms with van der Waals surface area (Å²) in [5, 5.41) is 13.2. The topological polar surface area (TPSA) is 94.4 Å². The number of carbonyl (C=O) groups excluding carboxylic acids is 1. The van der Waals surface area contributed by atoms with Crippen LogP contribution in [0.3, 0.4) is 0 Å². The summed E-state index contributed by atoms with van der Waals surface area (Å²) in [5.74, 6) is -1.91. The number of hydrogen-bond acceptors (Lipinski definition) is 5. The molecule has 0 saturated carbocycles. The van der Waals surface area contributed by atoms with E-state index in [1.54, 1.807) is 6.07 Å². The second kappa shape index (κ2) is 7.14. The van der Waals surface area contributed by atoms with Crippen molar-refractivity contribution in [2.75, 3.05) is 5.32 Å². The van der Waals surface area contributed by atoms with Gasteiger partial charge in [0.1, 0.15) is 12.0 Å². The number of nitrogens with one attached hydrogen (secondary N) is 1. The maximum atomic E-state index is 13.7. The average Bonchev–Trinajstić information content (AvgIpc) is 2.50. The molecule has 0 radical (unpaired) electrons. The summed E-state index contributed by atoms with van der Waals surface area (Å²) in [5.41, 5.74) is -0.0191. The molecule has 0 saturated heterocycles. The molecule has 0 aliphatic rings. The first-order valence-electron chi connectivity index (χ1n) is 6.40. The van der Waals surface area contributed by atoms with E-state index in [4.69, 9.17) is 4.74 Å². The zero-order chi connectivity index (χ0) is 17.0. The lowest BCUT2D eigenvalue weighted by Crippen LogP contribution is -2.30. The van der Waals surface area contributed by atoms with Crippen molar-refractivity contribution < 1.29 is 18.8 Å². The molecule has 1 aromatic carbocycles. The summed E-state index contributed by atoms with van der Waals surface area (Å²) in [6, 6.07) is 6.93. The molecule has 2 rings (SSSR count). The van der Waals surface area contributed by atoms with E-state index in [1.807, 2.05) is 0 Å². The molecule has 1 heterocycles. The van der Waals surface area contributed by atoms with Gasteiger partial charge in [0.25, 0.3) is 5.91 Å². The smallest absolute Gasteiger partial charge is 0.406 e. The van der Waals surface area contributed by atoms with E-state index in [1.165, 1.54) is 37.4 Å². The molecule has 0 fully saturated rings. The first-order chi connectivity index (χ1) is 10.9. The van der Waals surface area contributed by atoms with Crippen molar-refractivity contribution in [2.45, 2.75) is 13.0 Å². The van der Waals surface area contributed by atoms with Crippen LogP contribution in [0.2, 0.25) is 0 Å². The number of ether oxygens (including phenoxy) is 1. The van der Waals surface area contributed by atoms with Crippen LogP contribution in [0, 0.1) is 15.9 Å². The number of amides is 1. The van der Waals surface area contributed by atoms with E-state index in [9.17, 15) is 19.3 Å². The highest BCUT2D eigenvalue weighted by Gasteiger charge is 2.22. The largest absolute Gasteiger partial charge is 0.473 e. The van der Waals surface area contributed by atoms with Crippen LogP contribution in [-0.2, 0) is 4.79 Å². The Balaban J connectivity index is 2.10. The Hall–Kier alpha value is -2.55. The number of nitro groups is 1. The van der Waals surface area contributed by atoms with E-state index >= 15 is 0 Å². The van der Waals surface area contributed by atoms with Crippen LogP contribution in [0.4, 0.5) is 15.9 Å². The minimum atomic E-state index is -1.08. The highest BCUT2D eigenvalue weighted by atomic mass is 79.9. The fraction of sp³-hybridized carbons (Fsp3) is 0.143. The molecule has 0 spiro atoms. The quantitative estimate of drug-likeness (QED) is 0.631. The Kier molecular flexibility index (Phi) is 5.22. The van der Waals surface area contributed by atoms with Gasteiger partial charge in [-0.05, 0) is 47.2 Å². The summed E-state index contributed by atoms with van der Waals surface area (Å²) in [6.45, 7) is 1.39. The Morgan fingerprint density at radius 1 is 1.48 bits per heavy atom. The van der Waals surface area contributed by atoms with Crippen LogP contribution in [0.1, 0.15) is 6.92 Å². The van der Waals surface area contributed by atoms with Crippen LogP contribution in [0.5, 0.6) is 5.75 Å². The minimum absolute atomic E-state index is 0.0191. The van der Waals surface area contributed by atoms with Gasteiger partial charge in [0.05, 0.1) is 5.69 Å². The van der Waals surface area contributed by atoms with E-state index in [-0.39, 0.29) is 11.4 Å². The number of hydrogen-bond donors (Lipinski definition) is 1. The monoisotopic (exact) mass is 383 g/mol. The number of benzene rings is 1. The summed E-state index contributed by atoms with van der Waals surface area (Å²) >= 11 is 3.11. The van der Waals surface area contributed by atoms with Gasteiger partial charge in [-0.3, -0.25) is 4.79 Å². The molecule has 7 nitrogen and oxygen atoms in total. The lowest BCUT2D eigenvalue weighted by atomic mass is 10.3. The summed E-state index contributed by atoms with van der Waals surface area (Å²) < 4.78 is 19.5. The first kappa shape index (κ1) is 16.8. The van der Waals surface area contributed by atoms with Gasteiger partial charge in [-0.15, -0.1) is 0 Å². The third-order valence-electron chi connectivity index (χ3n) is 2.79. The van der Waals surface area contributed by atoms with Crippen molar-refractivity contribution in [2.24, 2.45) is 0 Å². The SMILES string of the molecule is C[C@@H](Oc1cccnc1[N+](=O)[O-])C(=O)Nc1ccc(Br)cc1F. The second-order valence-corrected chi connectivity index (χ2v) is 5.37. The van der Waals surface area contributed by atoms with Gasteiger partial charge in [-0.25, -0.2) is 4.39 Å². The van der Waals surface area contributed by atoms with Crippen LogP contribution in [0.15, 0.2) is 41.0 Å². The number of pyridine rings is 1. The van der Waals surface area contributed by atoms with E-state index in [0.717, 1.165) is 0 Å². The molecule has 0 unspecified atom stereocenters. The zero-order valence-corrected chi connectivity index (χ0v) is 13.4.